The van der Waals surface area contributed by atoms with Crippen LogP contribution in [0.15, 0.2) is 0 Å². The quantitative estimate of drug-likeness (QED) is 0.647. The zero-order valence-corrected chi connectivity index (χ0v) is 10.6. The van der Waals surface area contributed by atoms with Crippen LogP contribution in [-0.4, -0.2) is 37.1 Å². The van der Waals surface area contributed by atoms with Crippen LogP contribution in [0.2, 0.25) is 0 Å². The Morgan fingerprint density at radius 2 is 1.79 bits per heavy atom. The highest BCUT2D eigenvalue weighted by Gasteiger charge is 2.15. The smallest absolute Gasteiger partial charge is 0.0218 e. The first-order valence-corrected chi connectivity index (χ1v) is 6.10. The van der Waals surface area contributed by atoms with Crippen LogP contribution < -0.4 is 5.32 Å². The molecule has 0 aliphatic heterocycles. The Bertz CT molecular complexity index is 123. The maximum atomic E-state index is 3.45. The van der Waals surface area contributed by atoms with Gasteiger partial charge in [-0.25, -0.2) is 0 Å². The zero-order chi connectivity index (χ0) is 11.0. The fourth-order valence-corrected chi connectivity index (χ4v) is 1.85. The van der Waals surface area contributed by atoms with Crippen molar-refractivity contribution < 1.29 is 0 Å². The molecular weight excluding hydrogens is 172 g/mol. The van der Waals surface area contributed by atoms with Gasteiger partial charge in [0.2, 0.25) is 0 Å². The van der Waals surface area contributed by atoms with Crippen LogP contribution in [0.4, 0.5) is 0 Å². The van der Waals surface area contributed by atoms with Gasteiger partial charge in [-0.15, -0.1) is 0 Å². The van der Waals surface area contributed by atoms with Crippen molar-refractivity contribution in [1.82, 2.24) is 10.2 Å². The van der Waals surface area contributed by atoms with Crippen molar-refractivity contribution >= 4 is 0 Å². The normalized spacial score (nSPS) is 13.9. The van der Waals surface area contributed by atoms with Gasteiger partial charge >= 0.3 is 0 Å². The highest BCUT2D eigenvalue weighted by Crippen LogP contribution is 2.06. The predicted octanol–water partition coefficient (Wildman–Crippen LogP) is 2.35. The van der Waals surface area contributed by atoms with Gasteiger partial charge in [0, 0.05) is 19.1 Å². The summed E-state index contributed by atoms with van der Waals surface area (Å²) in [5.41, 5.74) is 0. The van der Waals surface area contributed by atoms with E-state index in [0.29, 0.717) is 6.04 Å². The van der Waals surface area contributed by atoms with Crippen LogP contribution in [0.3, 0.4) is 0 Å². The third-order valence-electron chi connectivity index (χ3n) is 2.62. The van der Waals surface area contributed by atoms with E-state index in [2.05, 4.69) is 44.8 Å². The summed E-state index contributed by atoms with van der Waals surface area (Å²) in [5, 5.41) is 3.45. The third kappa shape index (κ3) is 5.61. The molecule has 0 bridgehead atoms. The van der Waals surface area contributed by atoms with Gasteiger partial charge in [-0.05, 0) is 25.4 Å². The number of likely N-dealkylation sites (N-methyl/N-ethyl adjacent to an activating group) is 2. The van der Waals surface area contributed by atoms with E-state index in [-0.39, 0.29) is 0 Å². The molecule has 0 heterocycles. The van der Waals surface area contributed by atoms with Gasteiger partial charge in [-0.3, -0.25) is 4.90 Å². The van der Waals surface area contributed by atoms with Crippen LogP contribution in [0, 0.1) is 5.92 Å². The Morgan fingerprint density at radius 3 is 2.14 bits per heavy atom. The highest BCUT2D eigenvalue weighted by molar-refractivity contribution is 4.72. The van der Waals surface area contributed by atoms with E-state index in [1.807, 2.05) is 0 Å². The molecule has 0 amide bonds. The molecule has 0 aliphatic rings. The summed E-state index contributed by atoms with van der Waals surface area (Å²) in [4.78, 5) is 2.59. The van der Waals surface area contributed by atoms with Gasteiger partial charge in [-0.2, -0.15) is 0 Å². The second kappa shape index (κ2) is 8.25. The lowest BCUT2D eigenvalue weighted by Crippen LogP contribution is -2.43. The molecule has 14 heavy (non-hydrogen) atoms. The molecule has 1 atom stereocenters. The maximum absolute atomic E-state index is 3.45. The van der Waals surface area contributed by atoms with Crippen molar-refractivity contribution in [2.24, 2.45) is 5.92 Å². The van der Waals surface area contributed by atoms with E-state index in [1.54, 1.807) is 0 Å². The average molecular weight is 200 g/mol. The van der Waals surface area contributed by atoms with Crippen molar-refractivity contribution in [2.75, 3.05) is 26.2 Å². The standard InChI is InChI=1S/C12H28N2/c1-6-12(9-13-7-2)14(8-3)10-11(4)5/h11-13H,6-10H2,1-5H3. The minimum Gasteiger partial charge on any atom is -0.315 e. The van der Waals surface area contributed by atoms with Gasteiger partial charge in [0.25, 0.3) is 0 Å². The fourth-order valence-electron chi connectivity index (χ4n) is 1.85. The lowest BCUT2D eigenvalue weighted by atomic mass is 10.1. The van der Waals surface area contributed by atoms with E-state index in [0.717, 1.165) is 19.0 Å². The summed E-state index contributed by atoms with van der Waals surface area (Å²) in [6.45, 7) is 15.9. The SMILES string of the molecule is CCNCC(CC)N(CC)CC(C)C. The van der Waals surface area contributed by atoms with Crippen molar-refractivity contribution in [3.8, 4) is 0 Å². The summed E-state index contributed by atoms with van der Waals surface area (Å²) >= 11 is 0. The van der Waals surface area contributed by atoms with Gasteiger partial charge in [0.1, 0.15) is 0 Å². The Labute approximate surface area is 90.1 Å². The Hall–Kier alpha value is -0.0800. The monoisotopic (exact) mass is 200 g/mol. The number of rotatable bonds is 8. The van der Waals surface area contributed by atoms with Crippen molar-refractivity contribution in [3.05, 3.63) is 0 Å². The highest BCUT2D eigenvalue weighted by atomic mass is 15.2. The van der Waals surface area contributed by atoms with Crippen LogP contribution in [-0.2, 0) is 0 Å². The van der Waals surface area contributed by atoms with Crippen LogP contribution >= 0.6 is 0 Å². The number of hydrogen-bond donors (Lipinski definition) is 1. The second-order valence-electron chi connectivity index (χ2n) is 4.35. The number of hydrogen-bond acceptors (Lipinski definition) is 2. The first-order valence-electron chi connectivity index (χ1n) is 6.10. The third-order valence-corrected chi connectivity index (χ3v) is 2.62. The van der Waals surface area contributed by atoms with Gasteiger partial charge < -0.3 is 5.32 Å². The topological polar surface area (TPSA) is 15.3 Å². The molecule has 1 unspecified atom stereocenters. The molecule has 0 saturated carbocycles. The zero-order valence-electron chi connectivity index (χ0n) is 10.6. The number of nitrogens with one attached hydrogen (secondary N) is 1. The minimum atomic E-state index is 0.711. The lowest BCUT2D eigenvalue weighted by Gasteiger charge is -2.31. The predicted molar refractivity (Wildman–Crippen MR) is 64.7 cm³/mol. The molecule has 0 aliphatic carbocycles. The molecular formula is C12H28N2. The largest absolute Gasteiger partial charge is 0.315 e. The van der Waals surface area contributed by atoms with E-state index in [9.17, 15) is 0 Å². The van der Waals surface area contributed by atoms with E-state index < -0.39 is 0 Å². The molecule has 0 radical (unpaired) electrons. The summed E-state index contributed by atoms with van der Waals surface area (Å²) in [6.07, 6.45) is 1.24. The Balaban J connectivity index is 4.00. The van der Waals surface area contributed by atoms with Crippen LogP contribution in [0.5, 0.6) is 0 Å². The molecule has 0 aromatic carbocycles. The molecule has 1 N–H and O–H groups in total. The molecule has 0 spiro atoms. The molecule has 86 valence electrons. The molecule has 2 nitrogen and oxygen atoms in total. The van der Waals surface area contributed by atoms with Crippen molar-refractivity contribution in [2.45, 2.75) is 47.1 Å². The molecule has 0 saturated heterocycles. The molecule has 2 heteroatoms. The van der Waals surface area contributed by atoms with E-state index >= 15 is 0 Å². The van der Waals surface area contributed by atoms with Crippen molar-refractivity contribution in [3.63, 3.8) is 0 Å². The van der Waals surface area contributed by atoms with Gasteiger partial charge in [0.15, 0.2) is 0 Å². The fraction of sp³-hybridized carbons (Fsp3) is 1.00. The van der Waals surface area contributed by atoms with E-state index in [1.165, 1.54) is 19.5 Å². The van der Waals surface area contributed by atoms with Gasteiger partial charge in [-0.1, -0.05) is 34.6 Å². The van der Waals surface area contributed by atoms with Crippen LogP contribution in [0.25, 0.3) is 0 Å². The molecule has 0 rings (SSSR count). The van der Waals surface area contributed by atoms with Crippen molar-refractivity contribution in [1.29, 1.82) is 0 Å². The maximum Gasteiger partial charge on any atom is 0.0218 e. The molecule has 0 fully saturated rings. The first-order chi connectivity index (χ1) is 6.65. The van der Waals surface area contributed by atoms with Crippen LogP contribution in [0.1, 0.15) is 41.0 Å². The van der Waals surface area contributed by atoms with E-state index in [4.69, 9.17) is 0 Å². The summed E-state index contributed by atoms with van der Waals surface area (Å²) < 4.78 is 0. The first kappa shape index (κ1) is 13.9. The summed E-state index contributed by atoms with van der Waals surface area (Å²) in [5.74, 6) is 0.769. The lowest BCUT2D eigenvalue weighted by molar-refractivity contribution is 0.176. The second-order valence-corrected chi connectivity index (χ2v) is 4.35. The molecule has 0 aromatic heterocycles. The average Bonchev–Trinajstić information content (AvgIpc) is 2.16. The van der Waals surface area contributed by atoms with Gasteiger partial charge in [0.05, 0.1) is 0 Å². The summed E-state index contributed by atoms with van der Waals surface area (Å²) in [6, 6.07) is 0.711. The Morgan fingerprint density at radius 1 is 1.14 bits per heavy atom. The minimum absolute atomic E-state index is 0.711. The Kier molecular flexibility index (Phi) is 8.20. The molecule has 0 aromatic rings. The number of nitrogens with zero attached hydrogens (tertiary/aromatic N) is 1. The summed E-state index contributed by atoms with van der Waals surface area (Å²) in [7, 11) is 0.